The van der Waals surface area contributed by atoms with Gasteiger partial charge < -0.3 is 11.1 Å². The van der Waals surface area contributed by atoms with E-state index in [0.717, 1.165) is 50.3 Å². The molecule has 7 heteroatoms. The second-order valence-corrected chi connectivity index (χ2v) is 6.74. The summed E-state index contributed by atoms with van der Waals surface area (Å²) in [6, 6.07) is 8.28. The van der Waals surface area contributed by atoms with Crippen LogP contribution in [-0.2, 0) is 11.3 Å². The van der Waals surface area contributed by atoms with Crippen molar-refractivity contribution in [1.82, 2.24) is 10.2 Å². The Hall–Kier alpha value is -0.520. The molecule has 4 nitrogen and oxygen atoms in total. The zero-order valence-electron chi connectivity index (χ0n) is 13.0. The number of nitrogens with two attached hydrogens (primary N) is 1. The Morgan fingerprint density at radius 3 is 2.30 bits per heavy atom. The first-order chi connectivity index (χ1) is 10.0. The molecule has 3 rings (SSSR count). The van der Waals surface area contributed by atoms with Crippen LogP contribution in [0, 0.1) is 0 Å². The number of carbonyl (C=O) groups excluding carboxylic acids is 1. The number of nitrogens with one attached hydrogen (secondary N) is 1. The van der Waals surface area contributed by atoms with Crippen LogP contribution in [0.5, 0.6) is 0 Å². The Morgan fingerprint density at radius 1 is 1.22 bits per heavy atom. The molecule has 23 heavy (non-hydrogen) atoms. The number of carbonyl (C=O) groups is 1. The average molecular weight is 381 g/mol. The Morgan fingerprint density at radius 2 is 1.78 bits per heavy atom. The van der Waals surface area contributed by atoms with Crippen LogP contribution in [0.15, 0.2) is 24.3 Å². The van der Waals surface area contributed by atoms with Gasteiger partial charge in [0.05, 0.1) is 5.54 Å². The van der Waals surface area contributed by atoms with Crippen LogP contribution in [0.1, 0.15) is 31.2 Å². The standard InChI is InChI=1S/C16H22ClN3O.2ClH/c17-13-3-1-12(2-4-13)11-20-9-5-14(6-10-20)19-15(21)16(18)7-8-16;;/h1-4,14H,5-11,18H2,(H,19,21);2*1H. The van der Waals surface area contributed by atoms with Crippen molar-refractivity contribution in [2.75, 3.05) is 13.1 Å². The molecule has 1 aliphatic carbocycles. The third-order valence-electron chi connectivity index (χ3n) is 4.48. The van der Waals surface area contributed by atoms with Gasteiger partial charge in [-0.2, -0.15) is 0 Å². The van der Waals surface area contributed by atoms with E-state index in [2.05, 4.69) is 22.3 Å². The van der Waals surface area contributed by atoms with Crippen molar-refractivity contribution >= 4 is 42.3 Å². The molecule has 0 atom stereocenters. The van der Waals surface area contributed by atoms with Crippen molar-refractivity contribution in [2.45, 2.75) is 43.8 Å². The minimum absolute atomic E-state index is 0. The van der Waals surface area contributed by atoms with Gasteiger partial charge in [0.1, 0.15) is 0 Å². The molecule has 1 heterocycles. The summed E-state index contributed by atoms with van der Waals surface area (Å²) in [7, 11) is 0. The van der Waals surface area contributed by atoms with E-state index in [4.69, 9.17) is 17.3 Å². The number of hydrogen-bond acceptors (Lipinski definition) is 3. The number of hydrogen-bond donors (Lipinski definition) is 2. The number of piperidine rings is 1. The van der Waals surface area contributed by atoms with Crippen molar-refractivity contribution in [3.8, 4) is 0 Å². The molecule has 0 radical (unpaired) electrons. The van der Waals surface area contributed by atoms with E-state index < -0.39 is 5.54 Å². The highest BCUT2D eigenvalue weighted by atomic mass is 35.5. The maximum atomic E-state index is 11.9. The molecule has 1 aromatic rings. The highest BCUT2D eigenvalue weighted by molar-refractivity contribution is 6.30. The van der Waals surface area contributed by atoms with E-state index in [0.29, 0.717) is 0 Å². The average Bonchev–Trinajstić information content (AvgIpc) is 3.23. The van der Waals surface area contributed by atoms with Crippen LogP contribution in [0.3, 0.4) is 0 Å². The molecule has 3 N–H and O–H groups in total. The monoisotopic (exact) mass is 379 g/mol. The second kappa shape index (κ2) is 8.54. The van der Waals surface area contributed by atoms with Crippen molar-refractivity contribution in [3.63, 3.8) is 0 Å². The highest BCUT2D eigenvalue weighted by Crippen LogP contribution is 2.32. The lowest BCUT2D eigenvalue weighted by molar-refractivity contribution is -0.124. The van der Waals surface area contributed by atoms with E-state index in [-0.39, 0.29) is 36.8 Å². The maximum Gasteiger partial charge on any atom is 0.240 e. The van der Waals surface area contributed by atoms with Crippen LogP contribution in [-0.4, -0.2) is 35.5 Å². The number of amides is 1. The molecule has 1 saturated heterocycles. The van der Waals surface area contributed by atoms with Gasteiger partial charge in [0, 0.05) is 30.7 Å². The summed E-state index contributed by atoms with van der Waals surface area (Å²) in [6.45, 7) is 2.95. The molecule has 0 spiro atoms. The van der Waals surface area contributed by atoms with Crippen LogP contribution in [0.25, 0.3) is 0 Å². The number of nitrogens with zero attached hydrogens (tertiary/aromatic N) is 1. The van der Waals surface area contributed by atoms with Crippen LogP contribution in [0.2, 0.25) is 5.02 Å². The van der Waals surface area contributed by atoms with Gasteiger partial charge >= 0.3 is 0 Å². The van der Waals surface area contributed by atoms with Crippen LogP contribution >= 0.6 is 36.4 Å². The maximum absolute atomic E-state index is 11.9. The van der Waals surface area contributed by atoms with Gasteiger partial charge in [-0.1, -0.05) is 23.7 Å². The summed E-state index contributed by atoms with van der Waals surface area (Å²) in [6.07, 6.45) is 3.65. The lowest BCUT2D eigenvalue weighted by Gasteiger charge is -2.32. The van der Waals surface area contributed by atoms with Gasteiger partial charge in [0.15, 0.2) is 0 Å². The first-order valence-electron chi connectivity index (χ1n) is 7.62. The molecular formula is C16H24Cl3N3O. The lowest BCUT2D eigenvalue weighted by atomic mass is 10.0. The van der Waals surface area contributed by atoms with Gasteiger partial charge in [-0.3, -0.25) is 9.69 Å². The van der Waals surface area contributed by atoms with Crippen LogP contribution in [0.4, 0.5) is 0 Å². The quantitative estimate of drug-likeness (QED) is 0.844. The minimum Gasteiger partial charge on any atom is -0.352 e. The molecular weight excluding hydrogens is 357 g/mol. The largest absolute Gasteiger partial charge is 0.352 e. The minimum atomic E-state index is -0.555. The van der Waals surface area contributed by atoms with Crippen LogP contribution < -0.4 is 11.1 Å². The molecule has 2 fully saturated rings. The topological polar surface area (TPSA) is 58.4 Å². The normalized spacial score (nSPS) is 20.1. The van der Waals surface area contributed by atoms with Crippen molar-refractivity contribution in [2.24, 2.45) is 5.73 Å². The van der Waals surface area contributed by atoms with Crippen molar-refractivity contribution < 1.29 is 4.79 Å². The molecule has 2 aliphatic rings. The van der Waals surface area contributed by atoms with Crippen molar-refractivity contribution in [1.29, 1.82) is 0 Å². The fourth-order valence-corrected chi connectivity index (χ4v) is 2.90. The van der Waals surface area contributed by atoms with Gasteiger partial charge in [-0.25, -0.2) is 0 Å². The first kappa shape index (κ1) is 20.5. The van der Waals surface area contributed by atoms with Gasteiger partial charge in [-0.15, -0.1) is 24.8 Å². The number of benzene rings is 1. The molecule has 1 aromatic carbocycles. The van der Waals surface area contributed by atoms with Gasteiger partial charge in [0.25, 0.3) is 0 Å². The highest BCUT2D eigenvalue weighted by Gasteiger charge is 2.46. The summed E-state index contributed by atoms with van der Waals surface area (Å²) in [5.74, 6) is 0.0404. The van der Waals surface area contributed by atoms with Gasteiger partial charge in [0.2, 0.25) is 5.91 Å². The fraction of sp³-hybridized carbons (Fsp3) is 0.562. The zero-order chi connectivity index (χ0) is 14.9. The van der Waals surface area contributed by atoms with Gasteiger partial charge in [-0.05, 0) is 43.4 Å². The second-order valence-electron chi connectivity index (χ2n) is 6.31. The predicted molar refractivity (Wildman–Crippen MR) is 98.5 cm³/mol. The Balaban J connectivity index is 0.00000132. The molecule has 0 unspecified atom stereocenters. The first-order valence-corrected chi connectivity index (χ1v) is 8.00. The smallest absolute Gasteiger partial charge is 0.240 e. The zero-order valence-corrected chi connectivity index (χ0v) is 15.4. The predicted octanol–water partition coefficient (Wildman–Crippen LogP) is 2.76. The molecule has 0 aromatic heterocycles. The SMILES string of the molecule is Cl.Cl.NC1(C(=O)NC2CCN(Cc3ccc(Cl)cc3)CC2)CC1. The van der Waals surface area contributed by atoms with E-state index >= 15 is 0 Å². The van der Waals surface area contributed by atoms with E-state index in [1.54, 1.807) is 0 Å². The number of rotatable bonds is 4. The Labute approximate surface area is 154 Å². The Kier molecular flexibility index (Phi) is 7.62. The summed E-state index contributed by atoms with van der Waals surface area (Å²) in [5, 5.41) is 3.88. The van der Waals surface area contributed by atoms with E-state index in [1.165, 1.54) is 5.56 Å². The third kappa shape index (κ3) is 5.50. The summed E-state index contributed by atoms with van der Waals surface area (Å²) >= 11 is 5.90. The lowest BCUT2D eigenvalue weighted by Crippen LogP contribution is -2.50. The molecule has 130 valence electrons. The molecule has 1 aliphatic heterocycles. The van der Waals surface area contributed by atoms with E-state index in [1.807, 2.05) is 12.1 Å². The fourth-order valence-electron chi connectivity index (χ4n) is 2.77. The molecule has 1 saturated carbocycles. The summed E-state index contributed by atoms with van der Waals surface area (Å²) < 4.78 is 0. The number of likely N-dealkylation sites (tertiary alicyclic amines) is 1. The van der Waals surface area contributed by atoms with E-state index in [9.17, 15) is 4.79 Å². The summed E-state index contributed by atoms with van der Waals surface area (Å²) in [4.78, 5) is 14.4. The van der Waals surface area contributed by atoms with Crippen molar-refractivity contribution in [3.05, 3.63) is 34.9 Å². The molecule has 0 bridgehead atoms. The Bertz CT molecular complexity index is 512. The summed E-state index contributed by atoms with van der Waals surface area (Å²) in [5.41, 5.74) is 6.64. The third-order valence-corrected chi connectivity index (χ3v) is 4.74. The number of halogens is 3. The molecule has 1 amide bonds.